The average Bonchev–Trinajstić information content (AvgIpc) is 3.11. The molecular weight excluding hydrogens is 546 g/mol. The van der Waals surface area contributed by atoms with Crippen molar-refractivity contribution >= 4 is 53.9 Å². The zero-order valence-electron chi connectivity index (χ0n) is 24.4. The minimum absolute atomic E-state index is 0.799. The minimum atomic E-state index is 0.799. The Kier molecular flexibility index (Phi) is 5.85. The zero-order valence-corrected chi connectivity index (χ0v) is 24.4. The number of rotatable bonds is 4. The van der Waals surface area contributed by atoms with Crippen LogP contribution in [0.25, 0.3) is 76.1 Å². The van der Waals surface area contributed by atoms with Gasteiger partial charge in [0.2, 0.25) is 0 Å². The van der Waals surface area contributed by atoms with E-state index < -0.39 is 0 Å². The van der Waals surface area contributed by atoms with Crippen LogP contribution < -0.4 is 4.74 Å². The summed E-state index contributed by atoms with van der Waals surface area (Å²) in [5, 5.41) is 11.7. The van der Waals surface area contributed by atoms with Crippen molar-refractivity contribution in [1.82, 2.24) is 4.98 Å². The first-order valence-corrected chi connectivity index (χ1v) is 15.3. The highest BCUT2D eigenvalue weighted by Crippen LogP contribution is 2.47. The maximum Gasteiger partial charge on any atom is 0.143 e. The van der Waals surface area contributed by atoms with E-state index >= 15 is 0 Å². The predicted molar refractivity (Wildman–Crippen MR) is 189 cm³/mol. The molecule has 0 saturated carbocycles. The lowest BCUT2D eigenvalue weighted by Gasteiger charge is -2.19. The van der Waals surface area contributed by atoms with Crippen molar-refractivity contribution in [2.75, 3.05) is 0 Å². The second-order valence-corrected chi connectivity index (χ2v) is 11.6. The third-order valence-corrected chi connectivity index (χ3v) is 8.95. The highest BCUT2D eigenvalue weighted by molar-refractivity contribution is 6.23. The molecule has 8 aromatic carbocycles. The van der Waals surface area contributed by atoms with Gasteiger partial charge in [0, 0.05) is 28.6 Å². The fraction of sp³-hybridized carbons (Fsp3) is 0. The molecule has 0 unspecified atom stereocenters. The largest absolute Gasteiger partial charge is 0.456 e. The predicted octanol–water partition coefficient (Wildman–Crippen LogP) is 12.0. The van der Waals surface area contributed by atoms with Crippen LogP contribution in [0, 0.1) is 0 Å². The van der Waals surface area contributed by atoms with E-state index in [-0.39, 0.29) is 0 Å². The maximum absolute atomic E-state index is 6.88. The first-order chi connectivity index (χ1) is 22.3. The molecule has 0 aliphatic heterocycles. The van der Waals surface area contributed by atoms with Crippen LogP contribution >= 0.6 is 0 Å². The summed E-state index contributed by atoms with van der Waals surface area (Å²) in [6.07, 6.45) is 3.84. The van der Waals surface area contributed by atoms with Crippen LogP contribution in [0.15, 0.2) is 164 Å². The van der Waals surface area contributed by atoms with Gasteiger partial charge in [-0.25, -0.2) is 0 Å². The second kappa shape index (κ2) is 10.3. The Morgan fingerprint density at radius 3 is 1.93 bits per heavy atom. The Hall–Kier alpha value is -5.99. The molecule has 210 valence electrons. The lowest BCUT2D eigenvalue weighted by atomic mass is 9.87. The van der Waals surface area contributed by atoms with Crippen molar-refractivity contribution in [2.24, 2.45) is 0 Å². The van der Waals surface area contributed by atoms with E-state index in [0.717, 1.165) is 44.2 Å². The van der Waals surface area contributed by atoms with Crippen molar-refractivity contribution in [3.05, 3.63) is 164 Å². The first kappa shape index (κ1) is 25.5. The van der Waals surface area contributed by atoms with Gasteiger partial charge in [-0.05, 0) is 90.3 Å². The fourth-order valence-electron chi connectivity index (χ4n) is 6.87. The van der Waals surface area contributed by atoms with E-state index in [9.17, 15) is 0 Å². The van der Waals surface area contributed by atoms with Crippen molar-refractivity contribution in [3.63, 3.8) is 0 Å². The molecule has 0 bridgehead atoms. The molecule has 0 fully saturated rings. The summed E-state index contributed by atoms with van der Waals surface area (Å²) >= 11 is 0. The van der Waals surface area contributed by atoms with Crippen LogP contribution in [0.4, 0.5) is 0 Å². The lowest BCUT2D eigenvalue weighted by Crippen LogP contribution is -1.94. The SMILES string of the molecule is c1cc(Oc2c3ccccc3c(-c3cc4ccccc4c4ccccc34)c3cnccc23)cc(-c2ccc3ccccc3c2)c1. The Morgan fingerprint density at radius 2 is 1.07 bits per heavy atom. The van der Waals surface area contributed by atoms with Gasteiger partial charge in [0.25, 0.3) is 0 Å². The molecule has 0 aliphatic rings. The van der Waals surface area contributed by atoms with E-state index in [2.05, 4.69) is 151 Å². The number of aromatic nitrogens is 1. The topological polar surface area (TPSA) is 22.1 Å². The van der Waals surface area contributed by atoms with Crippen LogP contribution in [0.1, 0.15) is 0 Å². The number of fused-ring (bicyclic) bond motifs is 6. The van der Waals surface area contributed by atoms with Crippen molar-refractivity contribution < 1.29 is 4.74 Å². The second-order valence-electron chi connectivity index (χ2n) is 11.6. The standard InChI is InChI=1S/C43H27NO/c1-2-11-29-24-31(21-20-28(29)10-1)30-13-9-14-33(25-30)45-43-38-19-8-7-18-37(38)42(41-27-44-23-22-39(41)43)40-26-32-12-3-4-15-34(32)35-16-5-6-17-36(35)40/h1-27H. The molecule has 2 heteroatoms. The molecule has 0 radical (unpaired) electrons. The first-order valence-electron chi connectivity index (χ1n) is 15.3. The molecule has 0 N–H and O–H groups in total. The molecular formula is C43H27NO. The van der Waals surface area contributed by atoms with E-state index in [0.29, 0.717) is 0 Å². The minimum Gasteiger partial charge on any atom is -0.456 e. The average molecular weight is 574 g/mol. The summed E-state index contributed by atoms with van der Waals surface area (Å²) < 4.78 is 6.88. The van der Waals surface area contributed by atoms with Crippen LogP contribution in [0.5, 0.6) is 11.5 Å². The van der Waals surface area contributed by atoms with Gasteiger partial charge in [0.05, 0.1) is 0 Å². The molecule has 0 spiro atoms. The highest BCUT2D eigenvalue weighted by Gasteiger charge is 2.19. The zero-order chi connectivity index (χ0) is 29.7. The van der Waals surface area contributed by atoms with E-state index in [1.54, 1.807) is 0 Å². The summed E-state index contributed by atoms with van der Waals surface area (Å²) in [6, 6.07) is 53.8. The van der Waals surface area contributed by atoms with Gasteiger partial charge in [0.15, 0.2) is 0 Å². The Labute approximate surface area is 260 Å². The van der Waals surface area contributed by atoms with Gasteiger partial charge in [-0.3, -0.25) is 4.98 Å². The van der Waals surface area contributed by atoms with E-state index in [1.807, 2.05) is 18.5 Å². The number of hydrogen-bond acceptors (Lipinski definition) is 2. The smallest absolute Gasteiger partial charge is 0.143 e. The maximum atomic E-state index is 6.88. The Balaban J connectivity index is 1.26. The quantitative estimate of drug-likeness (QED) is 0.154. The van der Waals surface area contributed by atoms with Gasteiger partial charge >= 0.3 is 0 Å². The van der Waals surface area contributed by atoms with Gasteiger partial charge in [0.1, 0.15) is 11.5 Å². The monoisotopic (exact) mass is 573 g/mol. The molecule has 0 saturated heterocycles. The molecule has 1 aromatic heterocycles. The Morgan fingerprint density at radius 1 is 0.400 bits per heavy atom. The number of hydrogen-bond donors (Lipinski definition) is 0. The summed E-state index contributed by atoms with van der Waals surface area (Å²) in [5.41, 5.74) is 4.65. The number of nitrogens with zero attached hydrogens (tertiary/aromatic N) is 1. The summed E-state index contributed by atoms with van der Waals surface area (Å²) in [7, 11) is 0. The van der Waals surface area contributed by atoms with E-state index in [4.69, 9.17) is 4.74 Å². The van der Waals surface area contributed by atoms with E-state index in [1.165, 1.54) is 43.4 Å². The van der Waals surface area contributed by atoms with Gasteiger partial charge in [-0.15, -0.1) is 0 Å². The van der Waals surface area contributed by atoms with Crippen molar-refractivity contribution in [3.8, 4) is 33.8 Å². The summed E-state index contributed by atoms with van der Waals surface area (Å²) in [6.45, 7) is 0. The molecule has 45 heavy (non-hydrogen) atoms. The van der Waals surface area contributed by atoms with Gasteiger partial charge in [-0.2, -0.15) is 0 Å². The molecule has 2 nitrogen and oxygen atoms in total. The number of pyridine rings is 1. The molecule has 0 atom stereocenters. The molecule has 1 heterocycles. The summed E-state index contributed by atoms with van der Waals surface area (Å²) in [4.78, 5) is 4.62. The van der Waals surface area contributed by atoms with Gasteiger partial charge in [-0.1, -0.05) is 121 Å². The van der Waals surface area contributed by atoms with Gasteiger partial charge < -0.3 is 4.74 Å². The lowest BCUT2D eigenvalue weighted by molar-refractivity contribution is 0.494. The number of ether oxygens (including phenoxy) is 1. The molecule has 0 aliphatic carbocycles. The van der Waals surface area contributed by atoms with Crippen LogP contribution in [0.3, 0.4) is 0 Å². The molecule has 9 rings (SSSR count). The molecule has 0 amide bonds. The van der Waals surface area contributed by atoms with Crippen LogP contribution in [-0.2, 0) is 0 Å². The normalized spacial score (nSPS) is 11.6. The number of benzene rings is 8. The highest BCUT2D eigenvalue weighted by atomic mass is 16.5. The third kappa shape index (κ3) is 4.22. The third-order valence-electron chi connectivity index (χ3n) is 8.95. The Bertz CT molecular complexity index is 2530. The summed E-state index contributed by atoms with van der Waals surface area (Å²) in [5.74, 6) is 1.64. The van der Waals surface area contributed by atoms with Crippen molar-refractivity contribution in [1.29, 1.82) is 0 Å². The van der Waals surface area contributed by atoms with Crippen molar-refractivity contribution in [2.45, 2.75) is 0 Å². The fourth-order valence-corrected chi connectivity index (χ4v) is 6.87. The molecule has 9 aromatic rings. The van der Waals surface area contributed by atoms with Crippen LogP contribution in [0.2, 0.25) is 0 Å². The van der Waals surface area contributed by atoms with Crippen LogP contribution in [-0.4, -0.2) is 4.98 Å².